The van der Waals surface area contributed by atoms with Crippen LogP contribution in [0.25, 0.3) is 0 Å². The minimum Gasteiger partial charge on any atom is -0.325 e. The Morgan fingerprint density at radius 3 is 2.43 bits per heavy atom. The van der Waals surface area contributed by atoms with Gasteiger partial charge in [-0.2, -0.15) is 0 Å². The molecule has 0 aromatic heterocycles. The molecule has 7 heteroatoms. The summed E-state index contributed by atoms with van der Waals surface area (Å²) in [5.74, 6) is -0.974. The number of carbonyl (C=O) groups is 2. The fourth-order valence-electron chi connectivity index (χ4n) is 2.71. The highest BCUT2D eigenvalue weighted by atomic mass is 35.5. The van der Waals surface area contributed by atoms with E-state index in [9.17, 15) is 14.0 Å². The lowest BCUT2D eigenvalue weighted by atomic mass is 10.1. The Balaban J connectivity index is 1.63. The average molecular weight is 443 g/mol. The van der Waals surface area contributed by atoms with Crippen LogP contribution in [0.3, 0.4) is 0 Å². The van der Waals surface area contributed by atoms with E-state index in [-0.39, 0.29) is 16.8 Å². The van der Waals surface area contributed by atoms with Gasteiger partial charge in [-0.25, -0.2) is 4.39 Å². The van der Waals surface area contributed by atoms with E-state index in [1.165, 1.54) is 30.0 Å². The standard InChI is InChI=1S/C23H20ClFN2O2S/c1-14-5-3-6-16(11-14)23(29)27-17-7-4-8-19(12-17)30-15(2)22(28)26-18-9-10-21(25)20(24)13-18/h3-13,15H,1-2H3,(H,26,28)(H,27,29). The maximum Gasteiger partial charge on any atom is 0.255 e. The SMILES string of the molecule is Cc1cccc(C(=O)Nc2cccc(SC(C)C(=O)Nc3ccc(F)c(Cl)c3)c2)c1. The molecule has 3 aromatic rings. The first-order chi connectivity index (χ1) is 14.3. The Hall–Kier alpha value is -2.83. The van der Waals surface area contributed by atoms with Crippen molar-refractivity contribution in [2.75, 3.05) is 10.6 Å². The Bertz CT molecular complexity index is 1090. The number of hydrogen-bond donors (Lipinski definition) is 2. The Morgan fingerprint density at radius 2 is 1.70 bits per heavy atom. The minimum atomic E-state index is -0.540. The van der Waals surface area contributed by atoms with Crippen molar-refractivity contribution in [3.63, 3.8) is 0 Å². The van der Waals surface area contributed by atoms with Gasteiger partial charge in [0.15, 0.2) is 0 Å². The second-order valence-corrected chi connectivity index (χ2v) is 8.55. The van der Waals surface area contributed by atoms with Crippen LogP contribution in [0.2, 0.25) is 5.02 Å². The first-order valence-electron chi connectivity index (χ1n) is 9.22. The summed E-state index contributed by atoms with van der Waals surface area (Å²) in [6.45, 7) is 3.70. The summed E-state index contributed by atoms with van der Waals surface area (Å²) < 4.78 is 13.3. The van der Waals surface area contributed by atoms with Crippen molar-refractivity contribution in [2.24, 2.45) is 0 Å². The van der Waals surface area contributed by atoms with Crippen LogP contribution in [0.1, 0.15) is 22.8 Å². The van der Waals surface area contributed by atoms with Crippen molar-refractivity contribution in [2.45, 2.75) is 24.0 Å². The van der Waals surface area contributed by atoms with Crippen LogP contribution in [0, 0.1) is 12.7 Å². The van der Waals surface area contributed by atoms with E-state index in [2.05, 4.69) is 10.6 Å². The van der Waals surface area contributed by atoms with E-state index in [0.717, 1.165) is 10.5 Å². The van der Waals surface area contributed by atoms with Gasteiger partial charge < -0.3 is 10.6 Å². The lowest BCUT2D eigenvalue weighted by Gasteiger charge is -2.13. The van der Waals surface area contributed by atoms with Crippen molar-refractivity contribution < 1.29 is 14.0 Å². The van der Waals surface area contributed by atoms with Crippen LogP contribution in [0.15, 0.2) is 71.6 Å². The highest BCUT2D eigenvalue weighted by Crippen LogP contribution is 2.27. The molecule has 154 valence electrons. The third-order valence-corrected chi connectivity index (χ3v) is 5.62. The molecule has 30 heavy (non-hydrogen) atoms. The molecule has 1 atom stereocenters. The average Bonchev–Trinajstić information content (AvgIpc) is 2.71. The number of carbonyl (C=O) groups excluding carboxylic acids is 2. The number of benzene rings is 3. The van der Waals surface area contributed by atoms with E-state index in [1.807, 2.05) is 43.3 Å². The summed E-state index contributed by atoms with van der Waals surface area (Å²) >= 11 is 7.10. The number of thioether (sulfide) groups is 1. The van der Waals surface area contributed by atoms with Gasteiger partial charge in [-0.15, -0.1) is 11.8 Å². The molecule has 0 saturated carbocycles. The highest BCUT2D eigenvalue weighted by Gasteiger charge is 2.16. The maximum atomic E-state index is 13.3. The minimum absolute atomic E-state index is 0.0508. The molecule has 0 radical (unpaired) electrons. The molecule has 0 bridgehead atoms. The van der Waals surface area contributed by atoms with Gasteiger partial charge in [0.05, 0.1) is 10.3 Å². The number of hydrogen-bond acceptors (Lipinski definition) is 3. The van der Waals surface area contributed by atoms with E-state index >= 15 is 0 Å². The van der Waals surface area contributed by atoms with Gasteiger partial charge in [0.1, 0.15) is 5.82 Å². The summed E-state index contributed by atoms with van der Waals surface area (Å²) in [4.78, 5) is 25.7. The molecule has 1 unspecified atom stereocenters. The maximum absolute atomic E-state index is 13.3. The van der Waals surface area contributed by atoms with Crippen LogP contribution >= 0.6 is 23.4 Å². The quantitative estimate of drug-likeness (QED) is 0.449. The third-order valence-electron chi connectivity index (χ3n) is 4.24. The first-order valence-corrected chi connectivity index (χ1v) is 10.5. The molecule has 0 aliphatic carbocycles. The Morgan fingerprint density at radius 1 is 0.967 bits per heavy atom. The smallest absolute Gasteiger partial charge is 0.255 e. The van der Waals surface area contributed by atoms with Gasteiger partial charge in [-0.1, -0.05) is 35.4 Å². The lowest BCUT2D eigenvalue weighted by Crippen LogP contribution is -2.22. The van der Waals surface area contributed by atoms with Crippen molar-refractivity contribution in [3.8, 4) is 0 Å². The molecule has 0 aliphatic heterocycles. The molecule has 3 rings (SSSR count). The monoisotopic (exact) mass is 442 g/mol. The zero-order chi connectivity index (χ0) is 21.7. The largest absolute Gasteiger partial charge is 0.325 e. The van der Waals surface area contributed by atoms with Gasteiger partial charge >= 0.3 is 0 Å². The van der Waals surface area contributed by atoms with Crippen LogP contribution in [-0.2, 0) is 4.79 Å². The molecule has 2 amide bonds. The van der Waals surface area contributed by atoms with Crippen LogP contribution in [0.4, 0.5) is 15.8 Å². The second kappa shape index (κ2) is 9.78. The summed E-state index contributed by atoms with van der Waals surface area (Å²) in [5.41, 5.74) is 2.66. The van der Waals surface area contributed by atoms with Crippen molar-refractivity contribution >= 4 is 46.6 Å². The fourth-order valence-corrected chi connectivity index (χ4v) is 3.82. The number of rotatable bonds is 6. The van der Waals surface area contributed by atoms with Crippen molar-refractivity contribution in [1.29, 1.82) is 0 Å². The molecule has 0 saturated heterocycles. The second-order valence-electron chi connectivity index (χ2n) is 6.73. The summed E-state index contributed by atoms with van der Waals surface area (Å²) in [7, 11) is 0. The number of anilines is 2. The summed E-state index contributed by atoms with van der Waals surface area (Å²) in [5, 5.41) is 5.13. The van der Waals surface area contributed by atoms with Gasteiger partial charge in [-0.3, -0.25) is 9.59 Å². The molecule has 0 spiro atoms. The molecule has 4 nitrogen and oxygen atoms in total. The van der Waals surface area contributed by atoms with E-state index in [1.54, 1.807) is 19.1 Å². The zero-order valence-electron chi connectivity index (χ0n) is 16.4. The molecule has 0 heterocycles. The molecule has 0 aliphatic rings. The number of nitrogens with one attached hydrogen (secondary N) is 2. The Kier molecular flexibility index (Phi) is 7.13. The van der Waals surface area contributed by atoms with Crippen LogP contribution in [-0.4, -0.2) is 17.1 Å². The first kappa shape index (κ1) is 21.9. The molecule has 0 fully saturated rings. The predicted molar refractivity (Wildman–Crippen MR) is 121 cm³/mol. The van der Waals surface area contributed by atoms with Gasteiger partial charge in [0.2, 0.25) is 5.91 Å². The van der Waals surface area contributed by atoms with E-state index in [0.29, 0.717) is 16.9 Å². The number of amides is 2. The lowest BCUT2D eigenvalue weighted by molar-refractivity contribution is -0.115. The van der Waals surface area contributed by atoms with Crippen molar-refractivity contribution in [3.05, 3.63) is 88.7 Å². The topological polar surface area (TPSA) is 58.2 Å². The number of aryl methyl sites for hydroxylation is 1. The third kappa shape index (κ3) is 5.84. The zero-order valence-corrected chi connectivity index (χ0v) is 18.0. The molecule has 3 aromatic carbocycles. The normalized spacial score (nSPS) is 11.6. The van der Waals surface area contributed by atoms with Gasteiger partial charge in [0.25, 0.3) is 5.91 Å². The van der Waals surface area contributed by atoms with Gasteiger partial charge in [0, 0.05) is 21.8 Å². The van der Waals surface area contributed by atoms with Crippen molar-refractivity contribution in [1.82, 2.24) is 0 Å². The van der Waals surface area contributed by atoms with E-state index < -0.39 is 11.1 Å². The number of halogens is 2. The van der Waals surface area contributed by atoms with Crippen LogP contribution in [0.5, 0.6) is 0 Å². The summed E-state index contributed by atoms with van der Waals surface area (Å²) in [6, 6.07) is 18.7. The molecular weight excluding hydrogens is 423 g/mol. The Labute approximate surface area is 183 Å². The molecule has 2 N–H and O–H groups in total. The molecular formula is C23H20ClFN2O2S. The fraction of sp³-hybridized carbons (Fsp3) is 0.130. The summed E-state index contributed by atoms with van der Waals surface area (Å²) in [6.07, 6.45) is 0. The highest BCUT2D eigenvalue weighted by molar-refractivity contribution is 8.00. The predicted octanol–water partition coefficient (Wildman–Crippen LogP) is 6.16. The van der Waals surface area contributed by atoms with Gasteiger partial charge in [-0.05, 0) is 62.4 Å². The van der Waals surface area contributed by atoms with Crippen LogP contribution < -0.4 is 10.6 Å². The van der Waals surface area contributed by atoms with E-state index in [4.69, 9.17) is 11.6 Å².